The van der Waals surface area contributed by atoms with E-state index in [0.717, 1.165) is 12.8 Å². The largest absolute Gasteiger partial charge is 0.586 e. The lowest BCUT2D eigenvalue weighted by atomic mass is 10.0. The van der Waals surface area contributed by atoms with E-state index in [1.807, 2.05) is 0 Å². The molecule has 0 radical (unpaired) electrons. The van der Waals surface area contributed by atoms with Gasteiger partial charge in [0.05, 0.1) is 0 Å². The van der Waals surface area contributed by atoms with E-state index in [9.17, 15) is 13.6 Å². The first-order chi connectivity index (χ1) is 9.93. The average Bonchev–Trinajstić information content (AvgIpc) is 2.72. The summed E-state index contributed by atoms with van der Waals surface area (Å²) in [4.78, 5) is 13.9. The zero-order chi connectivity index (χ0) is 15.0. The first-order valence-electron chi connectivity index (χ1n) is 6.89. The van der Waals surface area contributed by atoms with Crippen LogP contribution < -0.4 is 14.8 Å². The van der Waals surface area contributed by atoms with Crippen molar-refractivity contribution >= 4 is 11.7 Å². The van der Waals surface area contributed by atoms with Gasteiger partial charge >= 0.3 is 12.3 Å². The zero-order valence-electron chi connectivity index (χ0n) is 11.6. The Bertz CT molecular complexity index is 565. The summed E-state index contributed by atoms with van der Waals surface area (Å²) in [5.74, 6) is 0.356. The molecule has 2 heterocycles. The van der Waals surface area contributed by atoms with Crippen molar-refractivity contribution in [2.75, 3.05) is 18.4 Å². The molecule has 1 atom stereocenters. The maximum Gasteiger partial charge on any atom is 0.586 e. The number of amides is 2. The van der Waals surface area contributed by atoms with E-state index in [-0.39, 0.29) is 17.5 Å². The minimum atomic E-state index is -3.65. The molecule has 2 aliphatic heterocycles. The summed E-state index contributed by atoms with van der Waals surface area (Å²) in [6.07, 6.45) is -1.56. The van der Waals surface area contributed by atoms with E-state index in [2.05, 4.69) is 21.7 Å². The van der Waals surface area contributed by atoms with Crippen LogP contribution in [-0.2, 0) is 0 Å². The van der Waals surface area contributed by atoms with Crippen LogP contribution in [0.1, 0.15) is 19.8 Å². The van der Waals surface area contributed by atoms with Gasteiger partial charge in [-0.05, 0) is 30.9 Å². The van der Waals surface area contributed by atoms with Gasteiger partial charge in [-0.1, -0.05) is 6.92 Å². The third kappa shape index (κ3) is 3.01. The lowest BCUT2D eigenvalue weighted by Crippen LogP contribution is -2.41. The molecular weight excluding hydrogens is 282 g/mol. The fraction of sp³-hybridized carbons (Fsp3) is 0.500. The number of alkyl halides is 2. The summed E-state index contributed by atoms with van der Waals surface area (Å²) in [7, 11) is 0. The van der Waals surface area contributed by atoms with Crippen LogP contribution in [0.4, 0.5) is 19.3 Å². The molecule has 114 valence electrons. The third-order valence-corrected chi connectivity index (χ3v) is 3.60. The van der Waals surface area contributed by atoms with E-state index in [4.69, 9.17) is 0 Å². The monoisotopic (exact) mass is 298 g/mol. The molecule has 0 aliphatic carbocycles. The summed E-state index contributed by atoms with van der Waals surface area (Å²) in [5.41, 5.74) is 0.401. The van der Waals surface area contributed by atoms with Crippen LogP contribution in [0.25, 0.3) is 0 Å². The number of hydrogen-bond acceptors (Lipinski definition) is 3. The Labute approximate surface area is 120 Å². The molecule has 1 unspecified atom stereocenters. The van der Waals surface area contributed by atoms with Crippen molar-refractivity contribution in [2.24, 2.45) is 5.92 Å². The lowest BCUT2D eigenvalue weighted by molar-refractivity contribution is -0.286. The molecule has 1 fully saturated rings. The highest BCUT2D eigenvalue weighted by Crippen LogP contribution is 2.42. The Hall–Kier alpha value is -2.05. The second kappa shape index (κ2) is 5.05. The number of ether oxygens (including phenoxy) is 2. The highest BCUT2D eigenvalue weighted by Gasteiger charge is 2.43. The Morgan fingerprint density at radius 2 is 2.14 bits per heavy atom. The summed E-state index contributed by atoms with van der Waals surface area (Å²) in [6.45, 7) is 3.51. The molecule has 1 N–H and O–H groups in total. The number of piperidine rings is 1. The van der Waals surface area contributed by atoms with Gasteiger partial charge in [0.15, 0.2) is 11.5 Å². The van der Waals surface area contributed by atoms with E-state index < -0.39 is 6.29 Å². The molecule has 0 bridgehead atoms. The molecular formula is C14H16F2N2O3. The lowest BCUT2D eigenvalue weighted by Gasteiger charge is -2.30. The van der Waals surface area contributed by atoms with Gasteiger partial charge in [0.1, 0.15) is 0 Å². The molecule has 0 saturated carbocycles. The quantitative estimate of drug-likeness (QED) is 0.865. The van der Waals surface area contributed by atoms with Gasteiger partial charge < -0.3 is 19.7 Å². The van der Waals surface area contributed by atoms with Gasteiger partial charge in [-0.2, -0.15) is 0 Å². The fourth-order valence-electron chi connectivity index (χ4n) is 2.60. The van der Waals surface area contributed by atoms with Crippen molar-refractivity contribution in [1.29, 1.82) is 0 Å². The molecule has 2 amide bonds. The number of benzene rings is 1. The molecule has 7 heteroatoms. The Kier molecular flexibility index (Phi) is 3.35. The number of likely N-dealkylation sites (tertiary alicyclic amines) is 1. The first kappa shape index (κ1) is 13.9. The molecule has 5 nitrogen and oxygen atoms in total. The van der Waals surface area contributed by atoms with Crippen molar-refractivity contribution in [3.05, 3.63) is 18.2 Å². The van der Waals surface area contributed by atoms with Crippen molar-refractivity contribution < 1.29 is 23.0 Å². The Balaban J connectivity index is 1.67. The summed E-state index contributed by atoms with van der Waals surface area (Å²) in [6, 6.07) is 3.97. The number of carbonyl (C=O) groups excluding carboxylic acids is 1. The number of urea groups is 1. The van der Waals surface area contributed by atoms with Crippen molar-refractivity contribution in [3.63, 3.8) is 0 Å². The van der Waals surface area contributed by atoms with Crippen LogP contribution >= 0.6 is 0 Å². The second-order valence-electron chi connectivity index (χ2n) is 5.45. The minimum absolute atomic E-state index is 0.0374. The number of halogens is 2. The maximum absolute atomic E-state index is 12.9. The number of rotatable bonds is 1. The molecule has 2 aliphatic rings. The van der Waals surface area contributed by atoms with Gasteiger partial charge in [0, 0.05) is 24.8 Å². The van der Waals surface area contributed by atoms with Gasteiger partial charge in [-0.3, -0.25) is 0 Å². The van der Waals surface area contributed by atoms with Crippen molar-refractivity contribution in [3.8, 4) is 11.5 Å². The number of hydrogen-bond donors (Lipinski definition) is 1. The molecule has 1 aromatic rings. The number of nitrogens with zero attached hydrogens (tertiary/aromatic N) is 1. The first-order valence-corrected chi connectivity index (χ1v) is 6.89. The molecule has 21 heavy (non-hydrogen) atoms. The highest BCUT2D eigenvalue weighted by molar-refractivity contribution is 5.89. The van der Waals surface area contributed by atoms with E-state index in [0.29, 0.717) is 24.7 Å². The minimum Gasteiger partial charge on any atom is -0.395 e. The Morgan fingerprint density at radius 3 is 2.90 bits per heavy atom. The second-order valence-corrected chi connectivity index (χ2v) is 5.45. The van der Waals surface area contributed by atoms with Crippen LogP contribution in [0.5, 0.6) is 11.5 Å². The number of anilines is 1. The van der Waals surface area contributed by atoms with Crippen LogP contribution in [0.2, 0.25) is 0 Å². The number of fused-ring (bicyclic) bond motifs is 1. The molecule has 1 saturated heterocycles. The summed E-state index contributed by atoms with van der Waals surface area (Å²) < 4.78 is 34.5. The van der Waals surface area contributed by atoms with Crippen molar-refractivity contribution in [1.82, 2.24) is 4.90 Å². The zero-order valence-corrected chi connectivity index (χ0v) is 11.6. The van der Waals surface area contributed by atoms with Gasteiger partial charge in [-0.15, -0.1) is 8.78 Å². The van der Waals surface area contributed by atoms with E-state index in [1.54, 1.807) is 4.90 Å². The third-order valence-electron chi connectivity index (χ3n) is 3.60. The maximum atomic E-state index is 12.9. The van der Waals surface area contributed by atoms with Gasteiger partial charge in [0.25, 0.3) is 0 Å². The van der Waals surface area contributed by atoms with Gasteiger partial charge in [-0.25, -0.2) is 4.79 Å². The van der Waals surface area contributed by atoms with E-state index in [1.165, 1.54) is 18.2 Å². The normalized spacial score (nSPS) is 23.0. The van der Waals surface area contributed by atoms with E-state index >= 15 is 0 Å². The summed E-state index contributed by atoms with van der Waals surface area (Å²) in [5, 5.41) is 2.70. The molecule has 0 spiro atoms. The molecule has 0 aromatic heterocycles. The predicted octanol–water partition coefficient (Wildman–Crippen LogP) is 3.27. The van der Waals surface area contributed by atoms with Crippen LogP contribution in [0, 0.1) is 5.92 Å². The summed E-state index contributed by atoms with van der Waals surface area (Å²) >= 11 is 0. The van der Waals surface area contributed by atoms with Crippen LogP contribution in [-0.4, -0.2) is 30.3 Å². The number of nitrogens with one attached hydrogen (secondary N) is 1. The van der Waals surface area contributed by atoms with Gasteiger partial charge in [0.2, 0.25) is 0 Å². The average molecular weight is 298 g/mol. The standard InChI is InChI=1S/C14H16F2N2O3/c1-9-3-2-6-18(8-9)13(19)17-10-4-5-11-12(7-10)21-14(15,16)20-11/h4-5,7,9H,2-3,6,8H2,1H3,(H,17,19). The molecule has 1 aromatic carbocycles. The highest BCUT2D eigenvalue weighted by atomic mass is 19.3. The van der Waals surface area contributed by atoms with Crippen molar-refractivity contribution in [2.45, 2.75) is 26.1 Å². The SMILES string of the molecule is CC1CCCN(C(=O)Nc2ccc3c(c2)OC(F)(F)O3)C1. The predicted molar refractivity (Wildman–Crippen MR) is 71.6 cm³/mol. The smallest absolute Gasteiger partial charge is 0.395 e. The topological polar surface area (TPSA) is 50.8 Å². The van der Waals surface area contributed by atoms with Crippen LogP contribution in [0.3, 0.4) is 0 Å². The fourth-order valence-corrected chi connectivity index (χ4v) is 2.60. The Morgan fingerprint density at radius 1 is 1.38 bits per heavy atom. The number of carbonyl (C=O) groups is 1. The molecule has 3 rings (SSSR count). The van der Waals surface area contributed by atoms with Crippen LogP contribution in [0.15, 0.2) is 18.2 Å².